The highest BCUT2D eigenvalue weighted by molar-refractivity contribution is 6.20. The number of carbonyl (C=O) groups excluding carboxylic acids is 2. The van der Waals surface area contributed by atoms with Crippen LogP contribution in [0.4, 0.5) is 4.39 Å². The van der Waals surface area contributed by atoms with Gasteiger partial charge in [0.1, 0.15) is 12.1 Å². The van der Waals surface area contributed by atoms with Crippen molar-refractivity contribution in [2.24, 2.45) is 23.5 Å². The van der Waals surface area contributed by atoms with E-state index in [0.29, 0.717) is 44.9 Å². The Bertz CT molecular complexity index is 1010. The van der Waals surface area contributed by atoms with E-state index in [4.69, 9.17) is 17.3 Å². The number of hydrogen-bond acceptors (Lipinski definition) is 8. The van der Waals surface area contributed by atoms with Crippen LogP contribution in [-0.2, 0) is 9.59 Å². The molecule has 0 spiro atoms. The van der Waals surface area contributed by atoms with E-state index in [0.717, 1.165) is 64.0 Å². The van der Waals surface area contributed by atoms with Gasteiger partial charge in [0.05, 0.1) is 23.6 Å². The van der Waals surface area contributed by atoms with Crippen LogP contribution in [0.2, 0.25) is 0 Å². The van der Waals surface area contributed by atoms with Gasteiger partial charge in [0.25, 0.3) is 0 Å². The van der Waals surface area contributed by atoms with Crippen molar-refractivity contribution in [2.45, 2.75) is 102 Å². The number of rotatable bonds is 8. The SMILES string of the molecule is CCC=C1C(C(=O)NC2CNCC(F)C2N2CCC(C(=O)N3CCN(C)CC3)CC2)C(N)NC(C(C)CCC)CCC(Cl)CN1C. The molecule has 4 heterocycles. The number of halogens is 2. The van der Waals surface area contributed by atoms with Crippen molar-refractivity contribution in [2.75, 3.05) is 73.0 Å². The summed E-state index contributed by atoms with van der Waals surface area (Å²) in [6.45, 7) is 12.5. The van der Waals surface area contributed by atoms with E-state index in [9.17, 15) is 9.59 Å². The summed E-state index contributed by atoms with van der Waals surface area (Å²) in [6.07, 6.45) is 6.42. The molecule has 12 heteroatoms. The molecule has 4 rings (SSSR count). The first-order chi connectivity index (χ1) is 22.0. The molecule has 2 amide bonds. The van der Waals surface area contributed by atoms with Crippen molar-refractivity contribution < 1.29 is 14.0 Å². The average Bonchev–Trinajstić information content (AvgIpc) is 3.02. The van der Waals surface area contributed by atoms with Crippen molar-refractivity contribution in [3.8, 4) is 0 Å². The first-order valence-corrected chi connectivity index (χ1v) is 18.4. The van der Waals surface area contributed by atoms with E-state index in [1.165, 1.54) is 0 Å². The van der Waals surface area contributed by atoms with Crippen LogP contribution in [0.1, 0.15) is 65.7 Å². The molecule has 0 aliphatic carbocycles. The quantitative estimate of drug-likeness (QED) is 0.292. The van der Waals surface area contributed by atoms with Gasteiger partial charge in [-0.1, -0.05) is 33.3 Å². The maximum atomic E-state index is 15.8. The van der Waals surface area contributed by atoms with Crippen LogP contribution in [0.25, 0.3) is 0 Å². The van der Waals surface area contributed by atoms with Crippen LogP contribution >= 0.6 is 11.6 Å². The first-order valence-electron chi connectivity index (χ1n) is 18.0. The van der Waals surface area contributed by atoms with Crippen molar-refractivity contribution in [3.05, 3.63) is 11.8 Å². The van der Waals surface area contributed by atoms with E-state index in [1.54, 1.807) is 0 Å². The Labute approximate surface area is 282 Å². The molecule has 4 fully saturated rings. The summed E-state index contributed by atoms with van der Waals surface area (Å²) in [4.78, 5) is 36.1. The molecule has 4 saturated heterocycles. The molecule has 0 radical (unpaired) electrons. The number of nitrogens with two attached hydrogens (primary N) is 1. The zero-order chi connectivity index (χ0) is 33.4. The lowest BCUT2D eigenvalue weighted by Gasteiger charge is -2.46. The zero-order valence-electron chi connectivity index (χ0n) is 29.0. The molecule has 10 nitrogen and oxygen atoms in total. The van der Waals surface area contributed by atoms with Crippen LogP contribution < -0.4 is 21.7 Å². The standard InChI is InChI=1S/C34H62ClFN8O2/c1-6-8-23(3)27-11-10-25(35)22-42(5)29(9-7-2)30(32(37)39-27)33(45)40-28-21-38-20-26(36)31(28)43-14-12-24(13-15-43)34(46)44-18-16-41(4)17-19-44/h9,23-28,30-32,38-39H,6-8,10-22,37H2,1-5H3,(H,40,45). The summed E-state index contributed by atoms with van der Waals surface area (Å²) < 4.78 is 15.8. The molecular weight excluding hydrogens is 607 g/mol. The van der Waals surface area contributed by atoms with E-state index >= 15 is 4.39 Å². The number of allylic oxidation sites excluding steroid dienone is 1. The fraction of sp³-hybridized carbons (Fsp3) is 0.882. The Morgan fingerprint density at radius 2 is 1.76 bits per heavy atom. The van der Waals surface area contributed by atoms with Crippen molar-refractivity contribution >= 4 is 23.4 Å². The molecule has 4 aliphatic heterocycles. The van der Waals surface area contributed by atoms with Gasteiger partial charge in [0.2, 0.25) is 11.8 Å². The molecule has 46 heavy (non-hydrogen) atoms. The second kappa shape index (κ2) is 17.8. The Morgan fingerprint density at radius 1 is 1.07 bits per heavy atom. The van der Waals surface area contributed by atoms with Gasteiger partial charge in [0.15, 0.2) is 0 Å². The number of piperidine rings is 2. The van der Waals surface area contributed by atoms with E-state index in [-0.39, 0.29) is 35.7 Å². The van der Waals surface area contributed by atoms with Crippen LogP contribution in [0.5, 0.6) is 0 Å². The second-order valence-corrected chi connectivity index (χ2v) is 15.0. The fourth-order valence-corrected chi connectivity index (χ4v) is 8.42. The molecule has 264 valence electrons. The largest absolute Gasteiger partial charge is 0.376 e. The van der Waals surface area contributed by atoms with Gasteiger partial charge in [-0.3, -0.25) is 19.8 Å². The van der Waals surface area contributed by atoms with Crippen molar-refractivity contribution in [3.63, 3.8) is 0 Å². The molecule has 0 aromatic carbocycles. The molecular formula is C34H62ClFN8O2. The Morgan fingerprint density at radius 3 is 2.41 bits per heavy atom. The summed E-state index contributed by atoms with van der Waals surface area (Å²) in [5.41, 5.74) is 7.78. The summed E-state index contributed by atoms with van der Waals surface area (Å²) in [7, 11) is 4.07. The number of likely N-dealkylation sites (N-methyl/N-ethyl adjacent to an activating group) is 1. The lowest BCUT2D eigenvalue weighted by molar-refractivity contribution is -0.139. The molecule has 8 atom stereocenters. The summed E-state index contributed by atoms with van der Waals surface area (Å²) >= 11 is 6.84. The predicted molar refractivity (Wildman–Crippen MR) is 184 cm³/mol. The minimum atomic E-state index is -1.13. The maximum absolute atomic E-state index is 15.8. The molecule has 5 N–H and O–H groups in total. The lowest BCUT2D eigenvalue weighted by Crippen LogP contribution is -2.67. The van der Waals surface area contributed by atoms with Gasteiger partial charge >= 0.3 is 0 Å². The number of likely N-dealkylation sites (tertiary alicyclic amines) is 1. The molecule has 0 saturated carbocycles. The van der Waals surface area contributed by atoms with Crippen molar-refractivity contribution in [1.82, 2.24) is 35.6 Å². The topological polar surface area (TPSA) is 109 Å². The number of alkyl halides is 2. The van der Waals surface area contributed by atoms with Gasteiger partial charge in [-0.05, 0) is 64.6 Å². The fourth-order valence-electron chi connectivity index (χ4n) is 8.09. The highest BCUT2D eigenvalue weighted by atomic mass is 35.5. The monoisotopic (exact) mass is 668 g/mol. The number of carbonyl (C=O) groups is 2. The second-order valence-electron chi connectivity index (χ2n) is 14.4. The highest BCUT2D eigenvalue weighted by Crippen LogP contribution is 2.29. The summed E-state index contributed by atoms with van der Waals surface area (Å²) in [6, 6.07) is -0.742. The number of nitrogens with one attached hydrogen (secondary N) is 3. The van der Waals surface area contributed by atoms with Gasteiger partial charge in [-0.2, -0.15) is 0 Å². The first kappa shape index (κ1) is 37.3. The van der Waals surface area contributed by atoms with E-state index < -0.39 is 30.3 Å². The summed E-state index contributed by atoms with van der Waals surface area (Å²) in [5, 5.41) is 10.1. The lowest BCUT2D eigenvalue weighted by atomic mass is 9.88. The minimum absolute atomic E-state index is 0.0226. The van der Waals surface area contributed by atoms with E-state index in [1.807, 2.05) is 11.9 Å². The van der Waals surface area contributed by atoms with Gasteiger partial charge < -0.3 is 31.1 Å². The number of amides is 2. The molecule has 4 aliphatic rings. The van der Waals surface area contributed by atoms with Crippen LogP contribution in [0, 0.1) is 17.8 Å². The van der Waals surface area contributed by atoms with Crippen LogP contribution in [-0.4, -0.2) is 140 Å². The molecule has 8 unspecified atom stereocenters. The predicted octanol–water partition coefficient (Wildman–Crippen LogP) is 2.19. The number of nitrogens with zero attached hydrogens (tertiary/aromatic N) is 4. The van der Waals surface area contributed by atoms with Gasteiger partial charge in [0, 0.05) is 70.5 Å². The van der Waals surface area contributed by atoms with Crippen LogP contribution in [0.3, 0.4) is 0 Å². The average molecular weight is 669 g/mol. The van der Waals surface area contributed by atoms with Gasteiger partial charge in [-0.15, -0.1) is 11.6 Å². The normalized spacial score (nSPS) is 34.8. The maximum Gasteiger partial charge on any atom is 0.232 e. The summed E-state index contributed by atoms with van der Waals surface area (Å²) in [5.74, 6) is -0.237. The van der Waals surface area contributed by atoms with E-state index in [2.05, 4.69) is 64.5 Å². The van der Waals surface area contributed by atoms with Gasteiger partial charge in [-0.25, -0.2) is 4.39 Å². The molecule has 0 aromatic heterocycles. The molecule has 0 aromatic rings. The van der Waals surface area contributed by atoms with Crippen LogP contribution in [0.15, 0.2) is 11.8 Å². The smallest absolute Gasteiger partial charge is 0.232 e. The number of piperazine rings is 1. The third-order valence-corrected chi connectivity index (χ3v) is 11.2. The Hall–Kier alpha value is -1.50. The molecule has 0 bridgehead atoms. The Balaban J connectivity index is 1.49. The highest BCUT2D eigenvalue weighted by Gasteiger charge is 2.43. The minimum Gasteiger partial charge on any atom is -0.376 e. The third-order valence-electron chi connectivity index (χ3n) is 10.8. The zero-order valence-corrected chi connectivity index (χ0v) is 29.8. The van der Waals surface area contributed by atoms with Crippen molar-refractivity contribution in [1.29, 1.82) is 0 Å². The number of hydrogen-bond donors (Lipinski definition) is 4. The Kier molecular flexibility index (Phi) is 14.4. The third kappa shape index (κ3) is 9.56.